The third-order valence-electron chi connectivity index (χ3n) is 4.50. The quantitative estimate of drug-likeness (QED) is 0.235. The van der Waals surface area contributed by atoms with Crippen molar-refractivity contribution in [1.82, 2.24) is 19.9 Å². The third kappa shape index (κ3) is 4.38. The fourth-order valence-electron chi connectivity index (χ4n) is 2.98. The number of fused-ring (bicyclic) bond motifs is 1. The van der Waals surface area contributed by atoms with Gasteiger partial charge in [-0.3, -0.25) is 4.98 Å². The van der Waals surface area contributed by atoms with Crippen molar-refractivity contribution in [2.45, 2.75) is 24.0 Å². The number of nitrogens with zero attached hydrogens (tertiary/aromatic N) is 3. The molecule has 0 spiro atoms. The van der Waals surface area contributed by atoms with Gasteiger partial charge in [-0.1, -0.05) is 12.1 Å². The second-order valence-corrected chi connectivity index (χ2v) is 7.15. The first-order valence-electron chi connectivity index (χ1n) is 8.86. The zero-order valence-electron chi connectivity index (χ0n) is 15.3. The maximum absolute atomic E-state index is 14.5. The number of pyridine rings is 3. The normalized spacial score (nSPS) is 11.8. The highest BCUT2D eigenvalue weighted by atomic mass is 32.1. The van der Waals surface area contributed by atoms with Crippen LogP contribution in [0.15, 0.2) is 53.8 Å². The standard InChI is InChI=1S/C20H15F4N5S/c21-18-12(5-13-9-27-19-15(13)6-14(30)10-28-19)2-4-17(29-18)26-8-11-1-3-16(25-7-11)20(22,23)24/h1-4,6-7,9-10,30H,5,8H2,(H,26,29)(H,27,28). The predicted octanol–water partition coefficient (Wildman–Crippen LogP) is 5.00. The maximum atomic E-state index is 14.5. The van der Waals surface area contributed by atoms with Crippen molar-refractivity contribution >= 4 is 29.5 Å². The van der Waals surface area contributed by atoms with Crippen LogP contribution in [0.3, 0.4) is 0 Å². The number of H-pyrrole nitrogens is 1. The summed E-state index contributed by atoms with van der Waals surface area (Å²) < 4.78 is 52.2. The highest BCUT2D eigenvalue weighted by Crippen LogP contribution is 2.27. The molecule has 0 saturated heterocycles. The van der Waals surface area contributed by atoms with E-state index >= 15 is 0 Å². The number of thiol groups is 1. The first-order valence-corrected chi connectivity index (χ1v) is 9.31. The van der Waals surface area contributed by atoms with Gasteiger partial charge in [0.2, 0.25) is 5.95 Å². The minimum Gasteiger partial charge on any atom is -0.366 e. The highest BCUT2D eigenvalue weighted by molar-refractivity contribution is 7.80. The molecule has 4 aromatic rings. The summed E-state index contributed by atoms with van der Waals surface area (Å²) in [6.07, 6.45) is 0.360. The molecule has 0 aliphatic heterocycles. The summed E-state index contributed by atoms with van der Waals surface area (Å²) in [5, 5.41) is 3.74. The Hall–Kier alpha value is -3.14. The number of alkyl halides is 3. The number of nitrogens with one attached hydrogen (secondary N) is 2. The van der Waals surface area contributed by atoms with Crippen molar-refractivity contribution in [2.24, 2.45) is 0 Å². The molecular formula is C20H15F4N5S. The number of hydrogen-bond acceptors (Lipinski definition) is 5. The highest BCUT2D eigenvalue weighted by Gasteiger charge is 2.31. The summed E-state index contributed by atoms with van der Waals surface area (Å²) in [5.74, 6) is -0.357. The lowest BCUT2D eigenvalue weighted by Gasteiger charge is -2.09. The average Bonchev–Trinajstić information content (AvgIpc) is 3.10. The van der Waals surface area contributed by atoms with Crippen molar-refractivity contribution in [2.75, 3.05) is 5.32 Å². The van der Waals surface area contributed by atoms with Crippen molar-refractivity contribution in [1.29, 1.82) is 0 Å². The number of anilines is 1. The summed E-state index contributed by atoms with van der Waals surface area (Å²) in [7, 11) is 0. The van der Waals surface area contributed by atoms with Gasteiger partial charge in [-0.2, -0.15) is 17.6 Å². The topological polar surface area (TPSA) is 66.5 Å². The van der Waals surface area contributed by atoms with E-state index in [0.717, 1.165) is 23.2 Å². The summed E-state index contributed by atoms with van der Waals surface area (Å²) in [6, 6.07) is 7.31. The average molecular weight is 433 g/mol. The molecule has 0 atom stereocenters. The number of aromatic amines is 1. The van der Waals surface area contributed by atoms with Crippen molar-refractivity contribution in [3.8, 4) is 0 Å². The second-order valence-electron chi connectivity index (χ2n) is 6.63. The Balaban J connectivity index is 1.44. The summed E-state index contributed by atoms with van der Waals surface area (Å²) in [4.78, 5) is 15.3. The number of aromatic nitrogens is 4. The van der Waals surface area contributed by atoms with Gasteiger partial charge < -0.3 is 10.3 Å². The van der Waals surface area contributed by atoms with Gasteiger partial charge in [-0.05, 0) is 29.3 Å². The first kappa shape index (κ1) is 20.1. The van der Waals surface area contributed by atoms with E-state index in [2.05, 4.69) is 37.9 Å². The molecule has 0 fully saturated rings. The van der Waals surface area contributed by atoms with Gasteiger partial charge in [0.15, 0.2) is 0 Å². The van der Waals surface area contributed by atoms with Gasteiger partial charge in [0.05, 0.1) is 0 Å². The molecule has 2 N–H and O–H groups in total. The van der Waals surface area contributed by atoms with Crippen LogP contribution in [0.4, 0.5) is 23.4 Å². The van der Waals surface area contributed by atoms with Gasteiger partial charge in [0.25, 0.3) is 0 Å². The Labute approximate surface area is 174 Å². The van der Waals surface area contributed by atoms with Crippen molar-refractivity contribution < 1.29 is 17.6 Å². The fraction of sp³-hybridized carbons (Fsp3) is 0.150. The van der Waals surface area contributed by atoms with Gasteiger partial charge in [0, 0.05) is 47.4 Å². The van der Waals surface area contributed by atoms with Crippen LogP contribution in [0.1, 0.15) is 22.4 Å². The largest absolute Gasteiger partial charge is 0.433 e. The molecule has 30 heavy (non-hydrogen) atoms. The lowest BCUT2D eigenvalue weighted by molar-refractivity contribution is -0.141. The Morgan fingerprint density at radius 3 is 2.57 bits per heavy atom. The molecule has 5 nitrogen and oxygen atoms in total. The van der Waals surface area contributed by atoms with E-state index in [-0.39, 0.29) is 12.4 Å². The van der Waals surface area contributed by atoms with E-state index in [4.69, 9.17) is 0 Å². The van der Waals surface area contributed by atoms with Crippen LogP contribution in [-0.4, -0.2) is 19.9 Å². The predicted molar refractivity (Wildman–Crippen MR) is 107 cm³/mol. The van der Waals surface area contributed by atoms with Crippen LogP contribution in [0.5, 0.6) is 0 Å². The number of halogens is 4. The van der Waals surface area contributed by atoms with Gasteiger partial charge in [-0.25, -0.2) is 9.97 Å². The van der Waals surface area contributed by atoms with E-state index in [9.17, 15) is 17.6 Å². The van der Waals surface area contributed by atoms with Crippen LogP contribution < -0.4 is 5.32 Å². The molecule has 0 unspecified atom stereocenters. The lowest BCUT2D eigenvalue weighted by Crippen LogP contribution is -2.09. The summed E-state index contributed by atoms with van der Waals surface area (Å²) in [5.41, 5.74) is 1.52. The van der Waals surface area contributed by atoms with E-state index in [1.807, 2.05) is 6.07 Å². The molecular weight excluding hydrogens is 418 g/mol. The zero-order chi connectivity index (χ0) is 21.3. The molecule has 4 heterocycles. The Bertz CT molecular complexity index is 1190. The Morgan fingerprint density at radius 2 is 1.87 bits per heavy atom. The van der Waals surface area contributed by atoms with E-state index < -0.39 is 17.8 Å². The smallest absolute Gasteiger partial charge is 0.366 e. The SMILES string of the molecule is Fc1nc(NCc2ccc(C(F)(F)F)nc2)ccc1Cc1c[nH]c2ncc(S)cc12. The van der Waals surface area contributed by atoms with E-state index in [0.29, 0.717) is 28.1 Å². The van der Waals surface area contributed by atoms with Crippen molar-refractivity contribution in [3.63, 3.8) is 0 Å². The molecule has 0 bridgehead atoms. The number of rotatable bonds is 5. The monoisotopic (exact) mass is 433 g/mol. The summed E-state index contributed by atoms with van der Waals surface area (Å²) in [6.45, 7) is 0.162. The molecule has 154 valence electrons. The fourth-order valence-corrected chi connectivity index (χ4v) is 3.17. The first-order chi connectivity index (χ1) is 14.3. The molecule has 0 amide bonds. The molecule has 0 radical (unpaired) electrons. The molecule has 10 heteroatoms. The van der Waals surface area contributed by atoms with Crippen LogP contribution >= 0.6 is 12.6 Å². The van der Waals surface area contributed by atoms with Gasteiger partial charge >= 0.3 is 6.18 Å². The summed E-state index contributed by atoms with van der Waals surface area (Å²) >= 11 is 4.28. The maximum Gasteiger partial charge on any atom is 0.433 e. The van der Waals surface area contributed by atoms with Crippen LogP contribution in [-0.2, 0) is 19.1 Å². The molecule has 0 aliphatic carbocycles. The molecule has 4 rings (SSSR count). The zero-order valence-corrected chi connectivity index (χ0v) is 16.2. The van der Waals surface area contributed by atoms with Gasteiger partial charge in [0.1, 0.15) is 17.2 Å². The molecule has 0 aliphatic rings. The Morgan fingerprint density at radius 1 is 1.03 bits per heavy atom. The Kier molecular flexibility index (Phi) is 5.33. The molecule has 0 aromatic carbocycles. The minimum atomic E-state index is -4.48. The van der Waals surface area contributed by atoms with E-state index in [1.54, 1.807) is 24.5 Å². The third-order valence-corrected chi connectivity index (χ3v) is 4.74. The van der Waals surface area contributed by atoms with Gasteiger partial charge in [-0.15, -0.1) is 12.6 Å². The van der Waals surface area contributed by atoms with Crippen molar-refractivity contribution in [3.05, 3.63) is 77.3 Å². The number of hydrogen-bond donors (Lipinski definition) is 3. The van der Waals surface area contributed by atoms with Crippen LogP contribution in [0.2, 0.25) is 0 Å². The van der Waals surface area contributed by atoms with Crippen LogP contribution in [0, 0.1) is 5.95 Å². The second kappa shape index (κ2) is 7.94. The van der Waals surface area contributed by atoms with E-state index in [1.165, 1.54) is 6.07 Å². The molecule has 4 aromatic heterocycles. The lowest BCUT2D eigenvalue weighted by atomic mass is 10.1. The van der Waals surface area contributed by atoms with Crippen LogP contribution in [0.25, 0.3) is 11.0 Å². The molecule has 0 saturated carbocycles. The minimum absolute atomic E-state index is 0.162.